The average Bonchev–Trinajstić information content (AvgIpc) is 3.09. The Bertz CT molecular complexity index is 1290. The first kappa shape index (κ1) is 23.5. The molecule has 1 saturated heterocycles. The molecule has 2 amide bonds. The maximum absolute atomic E-state index is 13.2. The number of esters is 1. The van der Waals surface area contributed by atoms with E-state index in [4.69, 9.17) is 21.1 Å². The van der Waals surface area contributed by atoms with Crippen LogP contribution in [0.15, 0.2) is 71.6 Å². The highest BCUT2D eigenvalue weighted by molar-refractivity contribution is 8.18. The third kappa shape index (κ3) is 5.13. The van der Waals surface area contributed by atoms with E-state index in [1.54, 1.807) is 30.3 Å². The smallest absolute Gasteiger partial charge is 0.343 e. The number of methoxy groups -OCH3 is 1. The third-order valence-corrected chi connectivity index (χ3v) is 6.08. The number of rotatable bonds is 6. The van der Waals surface area contributed by atoms with Crippen molar-refractivity contribution in [2.45, 2.75) is 6.54 Å². The van der Waals surface area contributed by atoms with E-state index >= 15 is 0 Å². The summed E-state index contributed by atoms with van der Waals surface area (Å²) in [6.07, 6.45) is 1.47. The lowest BCUT2D eigenvalue weighted by atomic mass is 10.1. The van der Waals surface area contributed by atoms with Gasteiger partial charge in [-0.05, 0) is 65.9 Å². The minimum Gasteiger partial charge on any atom is -0.493 e. The molecule has 3 aromatic carbocycles. The van der Waals surface area contributed by atoms with Crippen LogP contribution in [-0.4, -0.2) is 29.1 Å². The molecular formula is C25H17ClFNO5S. The van der Waals surface area contributed by atoms with Gasteiger partial charge in [-0.3, -0.25) is 14.5 Å². The molecule has 1 fully saturated rings. The Morgan fingerprint density at radius 2 is 1.76 bits per heavy atom. The normalized spacial score (nSPS) is 14.6. The second-order valence-corrected chi connectivity index (χ2v) is 8.60. The number of benzene rings is 3. The summed E-state index contributed by atoms with van der Waals surface area (Å²) in [4.78, 5) is 39.3. The van der Waals surface area contributed by atoms with Crippen LogP contribution in [0.25, 0.3) is 6.08 Å². The number of halogens is 2. The quantitative estimate of drug-likeness (QED) is 0.238. The first-order valence-corrected chi connectivity index (χ1v) is 11.2. The van der Waals surface area contributed by atoms with Gasteiger partial charge in [0, 0.05) is 10.6 Å². The van der Waals surface area contributed by atoms with Crippen molar-refractivity contribution in [2.75, 3.05) is 7.11 Å². The third-order valence-electron chi connectivity index (χ3n) is 4.92. The lowest BCUT2D eigenvalue weighted by molar-refractivity contribution is -0.123. The molecule has 0 spiro atoms. The van der Waals surface area contributed by atoms with Gasteiger partial charge in [-0.1, -0.05) is 35.9 Å². The molecule has 0 unspecified atom stereocenters. The highest BCUT2D eigenvalue weighted by atomic mass is 35.5. The molecule has 0 bridgehead atoms. The molecule has 9 heteroatoms. The minimum atomic E-state index is -0.639. The summed E-state index contributed by atoms with van der Waals surface area (Å²) < 4.78 is 24.1. The molecule has 0 N–H and O–H groups in total. The van der Waals surface area contributed by atoms with Crippen molar-refractivity contribution in [3.8, 4) is 11.5 Å². The van der Waals surface area contributed by atoms with Crippen molar-refractivity contribution in [1.82, 2.24) is 4.90 Å². The molecule has 4 rings (SSSR count). The van der Waals surface area contributed by atoms with E-state index in [2.05, 4.69) is 0 Å². The summed E-state index contributed by atoms with van der Waals surface area (Å²) in [6, 6.07) is 16.7. The zero-order chi connectivity index (χ0) is 24.2. The van der Waals surface area contributed by atoms with Crippen LogP contribution in [-0.2, 0) is 11.3 Å². The number of amides is 2. The minimum absolute atomic E-state index is 0.0127. The molecule has 6 nitrogen and oxygen atoms in total. The lowest BCUT2D eigenvalue weighted by Crippen LogP contribution is -2.27. The summed E-state index contributed by atoms with van der Waals surface area (Å²) in [5, 5.41) is 0.0223. The summed E-state index contributed by atoms with van der Waals surface area (Å²) in [6.45, 7) is 0.0127. The van der Waals surface area contributed by atoms with Gasteiger partial charge in [-0.2, -0.15) is 0 Å². The van der Waals surface area contributed by atoms with Crippen molar-refractivity contribution in [1.29, 1.82) is 0 Å². The van der Waals surface area contributed by atoms with Gasteiger partial charge < -0.3 is 9.47 Å². The van der Waals surface area contributed by atoms with Crippen LogP contribution in [0.2, 0.25) is 5.02 Å². The maximum Gasteiger partial charge on any atom is 0.343 e. The molecule has 0 aliphatic carbocycles. The van der Waals surface area contributed by atoms with Crippen molar-refractivity contribution in [3.63, 3.8) is 0 Å². The van der Waals surface area contributed by atoms with Crippen LogP contribution < -0.4 is 9.47 Å². The Hall–Kier alpha value is -3.62. The van der Waals surface area contributed by atoms with Gasteiger partial charge in [0.2, 0.25) is 0 Å². The Morgan fingerprint density at radius 1 is 1.06 bits per heavy atom. The Morgan fingerprint density at radius 3 is 2.44 bits per heavy atom. The summed E-state index contributed by atoms with van der Waals surface area (Å²) in [5.41, 5.74) is 1.28. The van der Waals surface area contributed by atoms with Gasteiger partial charge in [-0.15, -0.1) is 0 Å². The Labute approximate surface area is 203 Å². The molecule has 0 aromatic heterocycles. The topological polar surface area (TPSA) is 72.9 Å². The molecule has 1 aliphatic rings. The fraction of sp³-hybridized carbons (Fsp3) is 0.0800. The van der Waals surface area contributed by atoms with Gasteiger partial charge in [0.25, 0.3) is 11.1 Å². The van der Waals surface area contributed by atoms with Crippen LogP contribution in [0.4, 0.5) is 9.18 Å². The first-order chi connectivity index (χ1) is 16.4. The Balaban J connectivity index is 1.61. The van der Waals surface area contributed by atoms with Gasteiger partial charge in [0.15, 0.2) is 11.5 Å². The SMILES string of the molecule is COc1cccc(/C=C2\SC(=O)N(Cc3ccc(F)cc3)C2=O)c1OC(=O)c1ccc(Cl)cc1. The maximum atomic E-state index is 13.2. The van der Waals surface area contributed by atoms with E-state index in [1.165, 1.54) is 49.6 Å². The van der Waals surface area contributed by atoms with E-state index in [0.717, 1.165) is 16.7 Å². The second-order valence-electron chi connectivity index (χ2n) is 7.17. The molecule has 34 heavy (non-hydrogen) atoms. The predicted molar refractivity (Wildman–Crippen MR) is 127 cm³/mol. The monoisotopic (exact) mass is 497 g/mol. The fourth-order valence-corrected chi connectivity index (χ4v) is 4.16. The highest BCUT2D eigenvalue weighted by Gasteiger charge is 2.35. The summed E-state index contributed by atoms with van der Waals surface area (Å²) in [5.74, 6) is -1.16. The number of para-hydroxylation sites is 1. The largest absolute Gasteiger partial charge is 0.493 e. The van der Waals surface area contributed by atoms with Gasteiger partial charge in [0.1, 0.15) is 5.82 Å². The standard InChI is InChI=1S/C25H17ClFNO5S/c1-32-20-4-2-3-17(22(20)33-24(30)16-7-9-18(26)10-8-16)13-21-23(29)28(25(31)34-21)14-15-5-11-19(27)12-6-15/h2-13H,14H2,1H3/b21-13-. The van der Waals surface area contributed by atoms with E-state index < -0.39 is 22.9 Å². The van der Waals surface area contributed by atoms with Crippen LogP contribution >= 0.6 is 23.4 Å². The van der Waals surface area contributed by atoms with Gasteiger partial charge in [0.05, 0.1) is 24.1 Å². The van der Waals surface area contributed by atoms with Crippen LogP contribution in [0, 0.1) is 5.82 Å². The zero-order valence-electron chi connectivity index (χ0n) is 17.8. The predicted octanol–water partition coefficient (Wildman–Crippen LogP) is 5.94. The number of carbonyl (C=O) groups is 3. The van der Waals surface area contributed by atoms with Crippen LogP contribution in [0.1, 0.15) is 21.5 Å². The molecular weight excluding hydrogens is 481 g/mol. The number of thioether (sulfide) groups is 1. The number of nitrogens with zero attached hydrogens (tertiary/aromatic N) is 1. The lowest BCUT2D eigenvalue weighted by Gasteiger charge is -2.13. The van der Waals surface area contributed by atoms with Crippen molar-refractivity contribution in [3.05, 3.63) is 99.2 Å². The second kappa shape index (κ2) is 10.1. The van der Waals surface area contributed by atoms with Crippen molar-refractivity contribution >= 4 is 46.6 Å². The fourth-order valence-electron chi connectivity index (χ4n) is 3.20. The number of ether oxygens (including phenoxy) is 2. The van der Waals surface area contributed by atoms with Crippen LogP contribution in [0.5, 0.6) is 11.5 Å². The van der Waals surface area contributed by atoms with Crippen molar-refractivity contribution < 1.29 is 28.2 Å². The van der Waals surface area contributed by atoms with Crippen molar-refractivity contribution in [2.24, 2.45) is 0 Å². The molecule has 1 heterocycles. The van der Waals surface area contributed by atoms with E-state index in [0.29, 0.717) is 16.1 Å². The number of hydrogen-bond acceptors (Lipinski definition) is 6. The molecule has 0 radical (unpaired) electrons. The number of hydrogen-bond donors (Lipinski definition) is 0. The average molecular weight is 498 g/mol. The van der Waals surface area contributed by atoms with Gasteiger partial charge >= 0.3 is 5.97 Å². The summed E-state index contributed by atoms with van der Waals surface area (Å²) in [7, 11) is 1.43. The summed E-state index contributed by atoms with van der Waals surface area (Å²) >= 11 is 6.64. The molecule has 1 aliphatic heterocycles. The number of imide groups is 1. The van der Waals surface area contributed by atoms with E-state index in [1.807, 2.05) is 0 Å². The molecule has 0 atom stereocenters. The number of carbonyl (C=O) groups excluding carboxylic acids is 3. The van der Waals surface area contributed by atoms with E-state index in [-0.39, 0.29) is 28.5 Å². The highest BCUT2D eigenvalue weighted by Crippen LogP contribution is 2.38. The Kier molecular flexibility index (Phi) is 7.00. The van der Waals surface area contributed by atoms with E-state index in [9.17, 15) is 18.8 Å². The zero-order valence-corrected chi connectivity index (χ0v) is 19.4. The molecule has 0 saturated carbocycles. The van der Waals surface area contributed by atoms with Gasteiger partial charge in [-0.25, -0.2) is 9.18 Å². The molecule has 3 aromatic rings. The molecule has 172 valence electrons. The first-order valence-electron chi connectivity index (χ1n) is 10.0. The van der Waals surface area contributed by atoms with Crippen LogP contribution in [0.3, 0.4) is 0 Å².